The van der Waals surface area contributed by atoms with Gasteiger partial charge in [0.2, 0.25) is 5.88 Å². The lowest BCUT2D eigenvalue weighted by molar-refractivity contribution is 0.439. The highest BCUT2D eigenvalue weighted by Crippen LogP contribution is 2.40. The van der Waals surface area contributed by atoms with Crippen molar-refractivity contribution in [3.8, 4) is 22.4 Å². The first-order chi connectivity index (χ1) is 10.1. The summed E-state index contributed by atoms with van der Waals surface area (Å²) in [6.45, 7) is 2.01. The van der Waals surface area contributed by atoms with Gasteiger partial charge in [0.1, 0.15) is 5.69 Å². The second kappa shape index (κ2) is 5.43. The highest BCUT2D eigenvalue weighted by Gasteiger charge is 2.20. The molecule has 5 heteroatoms. The Hall–Kier alpha value is -1.97. The first-order valence-electron chi connectivity index (χ1n) is 6.34. The number of aryl methyl sites for hydroxylation is 1. The number of nitrogen functional groups attached to an aromatic ring is 1. The fourth-order valence-electron chi connectivity index (χ4n) is 2.28. The average Bonchev–Trinajstić information content (AvgIpc) is 2.81. The van der Waals surface area contributed by atoms with Crippen LogP contribution < -0.4 is 5.73 Å². The van der Waals surface area contributed by atoms with E-state index in [1.165, 1.54) is 0 Å². The van der Waals surface area contributed by atoms with E-state index in [1.54, 1.807) is 12.1 Å². The molecule has 2 aromatic carbocycles. The minimum Gasteiger partial charge on any atom is -0.367 e. The molecule has 0 saturated carbocycles. The van der Waals surface area contributed by atoms with Gasteiger partial charge in [-0.15, -0.1) is 0 Å². The zero-order valence-corrected chi connectivity index (χ0v) is 12.7. The number of nitrogens with zero attached hydrogens (tertiary/aromatic N) is 1. The summed E-state index contributed by atoms with van der Waals surface area (Å²) in [6, 6.07) is 13.1. The van der Waals surface area contributed by atoms with Gasteiger partial charge in [0, 0.05) is 10.6 Å². The third-order valence-corrected chi connectivity index (χ3v) is 3.87. The van der Waals surface area contributed by atoms with Gasteiger partial charge in [-0.25, -0.2) is 0 Å². The third kappa shape index (κ3) is 2.50. The van der Waals surface area contributed by atoms with E-state index in [1.807, 2.05) is 37.3 Å². The number of benzene rings is 2. The number of aromatic nitrogens is 1. The van der Waals surface area contributed by atoms with Gasteiger partial charge in [-0.05, 0) is 36.2 Å². The summed E-state index contributed by atoms with van der Waals surface area (Å²) in [7, 11) is 0. The van der Waals surface area contributed by atoms with Crippen molar-refractivity contribution in [3.63, 3.8) is 0 Å². The van der Waals surface area contributed by atoms with Crippen LogP contribution in [0.2, 0.25) is 10.0 Å². The molecule has 0 radical (unpaired) electrons. The van der Waals surface area contributed by atoms with Crippen molar-refractivity contribution in [2.75, 3.05) is 5.73 Å². The molecule has 3 nitrogen and oxygen atoms in total. The highest BCUT2D eigenvalue weighted by atomic mass is 35.5. The first kappa shape index (κ1) is 14.0. The lowest BCUT2D eigenvalue weighted by atomic mass is 9.97. The van der Waals surface area contributed by atoms with Crippen LogP contribution in [0.1, 0.15) is 5.56 Å². The smallest absolute Gasteiger partial charge is 0.230 e. The zero-order valence-electron chi connectivity index (χ0n) is 11.2. The molecule has 1 heterocycles. The summed E-state index contributed by atoms with van der Waals surface area (Å²) in [6.07, 6.45) is 0. The molecular weight excluding hydrogens is 307 g/mol. The van der Waals surface area contributed by atoms with E-state index in [0.717, 1.165) is 22.3 Å². The molecule has 0 atom stereocenters. The SMILES string of the molecule is Cc1ccccc1-c1c(-c2ccc(Cl)cc2Cl)noc1N. The highest BCUT2D eigenvalue weighted by molar-refractivity contribution is 6.36. The van der Waals surface area contributed by atoms with Crippen LogP contribution in [0.3, 0.4) is 0 Å². The first-order valence-corrected chi connectivity index (χ1v) is 7.10. The van der Waals surface area contributed by atoms with Crippen molar-refractivity contribution in [3.05, 3.63) is 58.1 Å². The van der Waals surface area contributed by atoms with E-state index < -0.39 is 0 Å². The van der Waals surface area contributed by atoms with Gasteiger partial charge in [-0.3, -0.25) is 0 Å². The minimum absolute atomic E-state index is 0.269. The molecule has 3 rings (SSSR count). The molecule has 1 aromatic heterocycles. The molecule has 106 valence electrons. The van der Waals surface area contributed by atoms with E-state index in [4.69, 9.17) is 33.5 Å². The van der Waals surface area contributed by atoms with Crippen LogP contribution in [0.15, 0.2) is 47.0 Å². The van der Waals surface area contributed by atoms with E-state index >= 15 is 0 Å². The molecule has 2 N–H and O–H groups in total. The summed E-state index contributed by atoms with van der Waals surface area (Å²) < 4.78 is 5.18. The predicted molar refractivity (Wildman–Crippen MR) is 86.5 cm³/mol. The largest absolute Gasteiger partial charge is 0.367 e. The van der Waals surface area contributed by atoms with Gasteiger partial charge in [0.15, 0.2) is 0 Å². The molecule has 0 aliphatic rings. The van der Waals surface area contributed by atoms with Crippen molar-refractivity contribution in [1.29, 1.82) is 0 Å². The van der Waals surface area contributed by atoms with Gasteiger partial charge in [-0.1, -0.05) is 52.6 Å². The standard InChI is InChI=1S/C16H12Cl2N2O/c1-9-4-2-3-5-11(9)14-15(20-21-16(14)19)12-7-6-10(17)8-13(12)18/h2-8H,19H2,1H3. The summed E-state index contributed by atoms with van der Waals surface area (Å²) in [4.78, 5) is 0. The number of hydrogen-bond acceptors (Lipinski definition) is 3. The molecule has 0 fully saturated rings. The topological polar surface area (TPSA) is 52.0 Å². The zero-order chi connectivity index (χ0) is 15.0. The summed E-state index contributed by atoms with van der Waals surface area (Å²) in [5.41, 5.74) is 10.1. The van der Waals surface area contributed by atoms with Gasteiger partial charge < -0.3 is 10.3 Å². The van der Waals surface area contributed by atoms with Crippen LogP contribution in [0, 0.1) is 6.92 Å². The Balaban J connectivity index is 2.25. The summed E-state index contributed by atoms with van der Waals surface area (Å²) in [5, 5.41) is 5.14. The lowest BCUT2D eigenvalue weighted by Crippen LogP contribution is -1.90. The molecule has 0 saturated heterocycles. The number of anilines is 1. The maximum absolute atomic E-state index is 6.27. The molecule has 0 aliphatic carbocycles. The van der Waals surface area contributed by atoms with Crippen LogP contribution in [-0.4, -0.2) is 5.16 Å². The molecule has 0 unspecified atom stereocenters. The number of hydrogen-bond donors (Lipinski definition) is 1. The molecular formula is C16H12Cl2N2O. The molecule has 0 spiro atoms. The van der Waals surface area contributed by atoms with Crippen LogP contribution in [0.25, 0.3) is 22.4 Å². The molecule has 3 aromatic rings. The number of nitrogens with two attached hydrogens (primary N) is 1. The fraction of sp³-hybridized carbons (Fsp3) is 0.0625. The van der Waals surface area contributed by atoms with Crippen LogP contribution in [0.4, 0.5) is 5.88 Å². The number of halogens is 2. The Morgan fingerprint density at radius 1 is 1.05 bits per heavy atom. The minimum atomic E-state index is 0.269. The molecule has 0 bridgehead atoms. The average molecular weight is 319 g/mol. The van der Waals surface area contributed by atoms with Gasteiger partial charge in [0.25, 0.3) is 0 Å². The van der Waals surface area contributed by atoms with Crippen LogP contribution in [-0.2, 0) is 0 Å². The third-order valence-electron chi connectivity index (χ3n) is 3.32. The Morgan fingerprint density at radius 2 is 1.81 bits per heavy atom. The molecule has 0 amide bonds. The van der Waals surface area contributed by atoms with Crippen molar-refractivity contribution < 1.29 is 4.52 Å². The number of rotatable bonds is 2. The van der Waals surface area contributed by atoms with Gasteiger partial charge in [-0.2, -0.15) is 0 Å². The lowest BCUT2D eigenvalue weighted by Gasteiger charge is -2.07. The second-order valence-corrected chi connectivity index (χ2v) is 5.55. The van der Waals surface area contributed by atoms with E-state index in [9.17, 15) is 0 Å². The monoisotopic (exact) mass is 318 g/mol. The van der Waals surface area contributed by atoms with Crippen LogP contribution in [0.5, 0.6) is 0 Å². The Labute approximate surface area is 132 Å². The van der Waals surface area contributed by atoms with Crippen LogP contribution >= 0.6 is 23.2 Å². The normalized spacial score (nSPS) is 10.8. The second-order valence-electron chi connectivity index (χ2n) is 4.71. The Kier molecular flexibility index (Phi) is 3.62. The Morgan fingerprint density at radius 3 is 2.52 bits per heavy atom. The van der Waals surface area contributed by atoms with E-state index in [2.05, 4.69) is 5.16 Å². The van der Waals surface area contributed by atoms with Crippen molar-refractivity contribution in [1.82, 2.24) is 5.16 Å². The van der Waals surface area contributed by atoms with E-state index in [-0.39, 0.29) is 5.88 Å². The van der Waals surface area contributed by atoms with Gasteiger partial charge in [0.05, 0.1) is 10.6 Å². The van der Waals surface area contributed by atoms with Crippen molar-refractivity contribution in [2.24, 2.45) is 0 Å². The quantitative estimate of drug-likeness (QED) is 0.706. The summed E-state index contributed by atoms with van der Waals surface area (Å²) >= 11 is 12.2. The fourth-order valence-corrected chi connectivity index (χ4v) is 2.78. The van der Waals surface area contributed by atoms with Crippen molar-refractivity contribution >= 4 is 29.1 Å². The summed E-state index contributed by atoms with van der Waals surface area (Å²) in [5.74, 6) is 0.269. The maximum atomic E-state index is 6.27. The van der Waals surface area contributed by atoms with Crippen molar-refractivity contribution in [2.45, 2.75) is 6.92 Å². The molecule has 0 aliphatic heterocycles. The van der Waals surface area contributed by atoms with Gasteiger partial charge >= 0.3 is 0 Å². The maximum Gasteiger partial charge on any atom is 0.230 e. The predicted octanol–water partition coefficient (Wildman–Crippen LogP) is 5.21. The Bertz CT molecular complexity index is 812. The molecule has 21 heavy (non-hydrogen) atoms. The van der Waals surface area contributed by atoms with E-state index in [0.29, 0.717) is 15.7 Å².